The maximum Gasteiger partial charge on any atom is 0.221 e. The van der Waals surface area contributed by atoms with Crippen molar-refractivity contribution in [3.8, 4) is 0 Å². The second-order valence-corrected chi connectivity index (χ2v) is 5.90. The van der Waals surface area contributed by atoms with Crippen molar-refractivity contribution in [3.05, 3.63) is 0 Å². The number of aliphatic hydroxyl groups is 6. The van der Waals surface area contributed by atoms with Crippen molar-refractivity contribution in [2.75, 3.05) is 13.2 Å². The third kappa shape index (κ3) is 3.40. The zero-order valence-corrected chi connectivity index (χ0v) is 12.9. The molecule has 2 heterocycles. The third-order valence-electron chi connectivity index (χ3n) is 4.28. The number of hydrogen-bond acceptors (Lipinski definition) is 10. The van der Waals surface area contributed by atoms with Gasteiger partial charge in [-0.05, 0) is 0 Å². The molecule has 1 amide bonds. The summed E-state index contributed by atoms with van der Waals surface area (Å²) < 4.78 is 9.90. The van der Waals surface area contributed by atoms with Crippen LogP contribution in [0, 0.1) is 0 Å². The Morgan fingerprint density at radius 1 is 1.12 bits per heavy atom. The summed E-state index contributed by atoms with van der Waals surface area (Å²) in [5.74, 6) is -0.767. The first-order chi connectivity index (χ1) is 11.2. The first-order valence-electron chi connectivity index (χ1n) is 7.43. The van der Waals surface area contributed by atoms with Crippen LogP contribution < -0.4 is 5.11 Å². The fourth-order valence-corrected chi connectivity index (χ4v) is 3.00. The molecule has 0 saturated carbocycles. The van der Waals surface area contributed by atoms with Crippen molar-refractivity contribution in [1.82, 2.24) is 4.90 Å². The largest absolute Gasteiger partial charge is 0.829 e. The minimum Gasteiger partial charge on any atom is -0.829 e. The number of rotatable bonds is 3. The summed E-state index contributed by atoms with van der Waals surface area (Å²) in [6.07, 6.45) is -13.2. The van der Waals surface area contributed by atoms with E-state index in [4.69, 9.17) is 4.74 Å². The number of nitrogens with zero attached hydrogens (tertiary/aromatic N) is 1. The molecule has 0 aliphatic carbocycles. The molecule has 9 atom stereocenters. The molecule has 0 aromatic carbocycles. The summed E-state index contributed by atoms with van der Waals surface area (Å²) in [5, 5.41) is 70.6. The van der Waals surface area contributed by atoms with Gasteiger partial charge in [0, 0.05) is 13.2 Å². The number of carbonyl (C=O) groups is 1. The van der Waals surface area contributed by atoms with Gasteiger partial charge in [-0.2, -0.15) is 0 Å². The van der Waals surface area contributed by atoms with E-state index >= 15 is 0 Å². The lowest BCUT2D eigenvalue weighted by Crippen LogP contribution is -2.71. The topological polar surface area (TPSA) is 183 Å². The lowest BCUT2D eigenvalue weighted by Gasteiger charge is -2.51. The van der Waals surface area contributed by atoms with Crippen LogP contribution in [0.1, 0.15) is 6.92 Å². The first kappa shape index (κ1) is 19.4. The molecule has 2 fully saturated rings. The summed E-state index contributed by atoms with van der Waals surface area (Å²) in [6.45, 7) is -0.108. The van der Waals surface area contributed by atoms with E-state index in [0.29, 0.717) is 0 Å². The molecule has 2 aliphatic heterocycles. The minimum atomic E-state index is -1.93. The van der Waals surface area contributed by atoms with Crippen molar-refractivity contribution >= 4 is 5.91 Å². The van der Waals surface area contributed by atoms with Gasteiger partial charge in [-0.3, -0.25) is 4.79 Å². The van der Waals surface area contributed by atoms with Crippen molar-refractivity contribution in [3.63, 3.8) is 0 Å². The summed E-state index contributed by atoms with van der Waals surface area (Å²) in [7, 11) is 0. The number of hydrogen-bond donors (Lipinski definition) is 6. The molecular formula is C13H22NO10-. The second kappa shape index (κ2) is 7.56. The molecule has 0 radical (unpaired) electrons. The number of aliphatic hydroxyl groups excluding tert-OH is 6. The molecule has 2 aliphatic rings. The molecule has 0 aromatic rings. The maximum absolute atomic E-state index is 12.0. The minimum absolute atomic E-state index is 0.447. The highest BCUT2D eigenvalue weighted by Gasteiger charge is 2.51. The van der Waals surface area contributed by atoms with Crippen molar-refractivity contribution < 1.29 is 50.0 Å². The lowest BCUT2D eigenvalue weighted by molar-refractivity contribution is -0.522. The molecule has 11 heteroatoms. The van der Waals surface area contributed by atoms with Gasteiger partial charge in [0.2, 0.25) is 5.91 Å². The highest BCUT2D eigenvalue weighted by atomic mass is 16.6. The Morgan fingerprint density at radius 3 is 2.29 bits per heavy atom. The van der Waals surface area contributed by atoms with Gasteiger partial charge in [-0.25, -0.2) is 0 Å². The van der Waals surface area contributed by atoms with Crippen LogP contribution in [0.2, 0.25) is 0 Å². The van der Waals surface area contributed by atoms with Gasteiger partial charge in [0.05, 0.1) is 25.4 Å². The van der Waals surface area contributed by atoms with E-state index in [9.17, 15) is 40.5 Å². The van der Waals surface area contributed by atoms with Crippen LogP contribution in [0.4, 0.5) is 0 Å². The van der Waals surface area contributed by atoms with E-state index < -0.39 is 74.3 Å². The highest BCUT2D eigenvalue weighted by Crippen LogP contribution is 2.29. The SMILES string of the molecule is CC(=O)N([C@@H]1[C@@H](O)[C@H]([O-])OC[C@H]1O)[C@@H]1O[C@H](CO)[C@H](O)[C@H](O)[C@H]1O. The second-order valence-electron chi connectivity index (χ2n) is 5.90. The van der Waals surface area contributed by atoms with Crippen LogP contribution in [-0.4, -0.2) is 110 Å². The van der Waals surface area contributed by atoms with Gasteiger partial charge >= 0.3 is 0 Å². The highest BCUT2D eigenvalue weighted by molar-refractivity contribution is 5.74. The lowest BCUT2D eigenvalue weighted by atomic mass is 9.94. The summed E-state index contributed by atoms with van der Waals surface area (Å²) in [5.41, 5.74) is 0. The van der Waals surface area contributed by atoms with Gasteiger partial charge in [-0.1, -0.05) is 0 Å². The molecule has 6 N–H and O–H groups in total. The standard InChI is InChI=1S/C13H22NO10/c1-4(16)14(7-5(17)3-23-13(22)9(7)19)12-11(21)10(20)8(18)6(2-15)24-12/h5-13,15,17-21H,2-3H2,1H3/q-1/t5-,6-,7+,8+,9-,10+,11-,12-,13-/m1/s1. The van der Waals surface area contributed by atoms with Crippen molar-refractivity contribution in [2.45, 2.75) is 62.1 Å². The van der Waals surface area contributed by atoms with E-state index in [-0.39, 0.29) is 0 Å². The Hall–Kier alpha value is -0.890. The Balaban J connectivity index is 2.33. The van der Waals surface area contributed by atoms with Crippen LogP contribution >= 0.6 is 0 Å². The predicted molar refractivity (Wildman–Crippen MR) is 71.8 cm³/mol. The molecule has 0 unspecified atom stereocenters. The molecule has 0 bridgehead atoms. The Kier molecular flexibility index (Phi) is 6.12. The monoisotopic (exact) mass is 352 g/mol. The molecule has 0 aromatic heterocycles. The third-order valence-corrected chi connectivity index (χ3v) is 4.28. The Morgan fingerprint density at radius 2 is 1.75 bits per heavy atom. The zero-order chi connectivity index (χ0) is 18.2. The average Bonchev–Trinajstić information content (AvgIpc) is 2.54. The van der Waals surface area contributed by atoms with Gasteiger partial charge in [0.15, 0.2) is 6.23 Å². The first-order valence-corrected chi connectivity index (χ1v) is 7.43. The molecule has 24 heavy (non-hydrogen) atoms. The van der Waals surface area contributed by atoms with Gasteiger partial charge in [0.1, 0.15) is 30.5 Å². The summed E-state index contributed by atoms with van der Waals surface area (Å²) >= 11 is 0. The predicted octanol–water partition coefficient (Wildman–Crippen LogP) is -5.56. The number of ether oxygens (including phenoxy) is 2. The van der Waals surface area contributed by atoms with Crippen molar-refractivity contribution in [1.29, 1.82) is 0 Å². The Bertz CT molecular complexity index is 448. The molecule has 2 saturated heterocycles. The van der Waals surface area contributed by atoms with E-state index in [1.807, 2.05) is 0 Å². The quantitative estimate of drug-likeness (QED) is 0.286. The fraction of sp³-hybridized carbons (Fsp3) is 0.923. The average molecular weight is 352 g/mol. The maximum atomic E-state index is 12.0. The van der Waals surface area contributed by atoms with Crippen molar-refractivity contribution in [2.24, 2.45) is 0 Å². The van der Waals surface area contributed by atoms with Crippen LogP contribution in [0.5, 0.6) is 0 Å². The molecule has 0 spiro atoms. The summed E-state index contributed by atoms with van der Waals surface area (Å²) in [4.78, 5) is 12.8. The molecule has 11 nitrogen and oxygen atoms in total. The van der Waals surface area contributed by atoms with Crippen LogP contribution in [-0.2, 0) is 14.3 Å². The van der Waals surface area contributed by atoms with E-state index in [1.165, 1.54) is 0 Å². The smallest absolute Gasteiger partial charge is 0.221 e. The van der Waals surface area contributed by atoms with Gasteiger partial charge in [-0.15, -0.1) is 0 Å². The number of carbonyl (C=O) groups excluding carboxylic acids is 1. The van der Waals surface area contributed by atoms with Gasteiger partial charge in [0.25, 0.3) is 0 Å². The Labute approximate surface area is 137 Å². The van der Waals surface area contributed by atoms with Crippen LogP contribution in [0.15, 0.2) is 0 Å². The van der Waals surface area contributed by atoms with Gasteiger partial charge < -0.3 is 50.1 Å². The number of amides is 1. The van der Waals surface area contributed by atoms with Crippen LogP contribution in [0.3, 0.4) is 0 Å². The normalized spacial score (nSPS) is 46.6. The van der Waals surface area contributed by atoms with E-state index in [1.54, 1.807) is 0 Å². The molecule has 140 valence electrons. The molecule has 2 rings (SSSR count). The molecular weight excluding hydrogens is 330 g/mol. The van der Waals surface area contributed by atoms with E-state index in [2.05, 4.69) is 4.74 Å². The van der Waals surface area contributed by atoms with Crippen LogP contribution in [0.25, 0.3) is 0 Å². The zero-order valence-electron chi connectivity index (χ0n) is 12.9. The summed E-state index contributed by atoms with van der Waals surface area (Å²) in [6, 6.07) is -1.46. The van der Waals surface area contributed by atoms with E-state index in [0.717, 1.165) is 11.8 Å². The fourth-order valence-electron chi connectivity index (χ4n) is 3.00.